The summed E-state index contributed by atoms with van der Waals surface area (Å²) in [5.74, 6) is 1.00. The van der Waals surface area contributed by atoms with E-state index in [1.807, 2.05) is 6.07 Å². The van der Waals surface area contributed by atoms with Crippen molar-refractivity contribution in [1.82, 2.24) is 10.2 Å². The molecule has 1 N–H and O–H groups in total. The maximum atomic E-state index is 6.05. The van der Waals surface area contributed by atoms with Crippen molar-refractivity contribution in [3.05, 3.63) is 65.7 Å². The third-order valence-electron chi connectivity index (χ3n) is 4.70. The van der Waals surface area contributed by atoms with Crippen molar-refractivity contribution in [2.24, 2.45) is 0 Å². The lowest BCUT2D eigenvalue weighted by molar-refractivity contribution is 0.0358. The molecule has 3 rings (SSSR count). The lowest BCUT2D eigenvalue weighted by Gasteiger charge is -2.26. The van der Waals surface area contributed by atoms with Gasteiger partial charge in [-0.2, -0.15) is 0 Å². The summed E-state index contributed by atoms with van der Waals surface area (Å²) >= 11 is 0. The van der Waals surface area contributed by atoms with Crippen molar-refractivity contribution < 1.29 is 9.47 Å². The molecule has 2 aromatic carbocycles. The van der Waals surface area contributed by atoms with Gasteiger partial charge in [0.25, 0.3) is 0 Å². The Hall–Kier alpha value is -1.88. The molecule has 0 atom stereocenters. The summed E-state index contributed by atoms with van der Waals surface area (Å²) in [5.41, 5.74) is 2.60. The number of para-hydroxylation sites is 1. The highest BCUT2D eigenvalue weighted by Crippen LogP contribution is 2.18. The quantitative estimate of drug-likeness (QED) is 0.665. The van der Waals surface area contributed by atoms with Gasteiger partial charge in [-0.1, -0.05) is 48.5 Å². The van der Waals surface area contributed by atoms with Gasteiger partial charge >= 0.3 is 0 Å². The van der Waals surface area contributed by atoms with E-state index >= 15 is 0 Å². The highest BCUT2D eigenvalue weighted by atomic mass is 16.5. The van der Waals surface area contributed by atoms with E-state index in [2.05, 4.69) is 58.7 Å². The lowest BCUT2D eigenvalue weighted by atomic mass is 10.1. The highest BCUT2D eigenvalue weighted by molar-refractivity contribution is 5.33. The molecule has 0 saturated carbocycles. The van der Waals surface area contributed by atoms with Gasteiger partial charge in [0.05, 0.1) is 19.8 Å². The van der Waals surface area contributed by atoms with Crippen LogP contribution >= 0.6 is 0 Å². The Morgan fingerprint density at radius 3 is 2.58 bits per heavy atom. The van der Waals surface area contributed by atoms with E-state index in [0.717, 1.165) is 71.1 Å². The van der Waals surface area contributed by atoms with Crippen molar-refractivity contribution >= 4 is 0 Å². The van der Waals surface area contributed by atoms with Crippen molar-refractivity contribution in [3.63, 3.8) is 0 Å². The second kappa shape index (κ2) is 11.0. The predicted molar refractivity (Wildman–Crippen MR) is 106 cm³/mol. The number of morpholine rings is 1. The molecule has 1 fully saturated rings. The lowest BCUT2D eigenvalue weighted by Crippen LogP contribution is -2.37. The van der Waals surface area contributed by atoms with Gasteiger partial charge < -0.3 is 14.8 Å². The molecule has 140 valence electrons. The van der Waals surface area contributed by atoms with Crippen LogP contribution in [-0.4, -0.2) is 50.9 Å². The molecule has 1 aliphatic rings. The van der Waals surface area contributed by atoms with E-state index in [0.29, 0.717) is 0 Å². The monoisotopic (exact) mass is 354 g/mol. The zero-order valence-electron chi connectivity index (χ0n) is 15.5. The number of rotatable bonds is 10. The molecule has 0 bridgehead atoms. The van der Waals surface area contributed by atoms with Crippen LogP contribution in [0.1, 0.15) is 17.5 Å². The molecule has 4 nitrogen and oxygen atoms in total. The number of nitrogens with one attached hydrogen (secondary N) is 1. The van der Waals surface area contributed by atoms with Gasteiger partial charge in [-0.3, -0.25) is 4.90 Å². The van der Waals surface area contributed by atoms with E-state index in [9.17, 15) is 0 Å². The summed E-state index contributed by atoms with van der Waals surface area (Å²) < 4.78 is 11.4. The van der Waals surface area contributed by atoms with Crippen molar-refractivity contribution in [3.8, 4) is 5.75 Å². The molecular formula is C22H30N2O2. The van der Waals surface area contributed by atoms with Gasteiger partial charge in [0.1, 0.15) is 5.75 Å². The van der Waals surface area contributed by atoms with Crippen LogP contribution < -0.4 is 10.1 Å². The Kier molecular flexibility index (Phi) is 7.97. The molecule has 1 aliphatic heterocycles. The Labute approximate surface area is 157 Å². The van der Waals surface area contributed by atoms with Crippen LogP contribution in [0.15, 0.2) is 54.6 Å². The maximum Gasteiger partial charge on any atom is 0.123 e. The van der Waals surface area contributed by atoms with Gasteiger partial charge in [0, 0.05) is 31.7 Å². The van der Waals surface area contributed by atoms with E-state index in [4.69, 9.17) is 9.47 Å². The fourth-order valence-corrected chi connectivity index (χ4v) is 3.19. The fourth-order valence-electron chi connectivity index (χ4n) is 3.19. The summed E-state index contributed by atoms with van der Waals surface area (Å²) in [6.07, 6.45) is 2.10. The van der Waals surface area contributed by atoms with Gasteiger partial charge in [0.2, 0.25) is 0 Å². The number of hydrogen-bond donors (Lipinski definition) is 1. The molecule has 1 heterocycles. The molecule has 1 saturated heterocycles. The molecule has 4 heteroatoms. The minimum Gasteiger partial charge on any atom is -0.493 e. The average molecular weight is 354 g/mol. The standard InChI is InChI=1S/C22H30N2O2/c1-2-7-20(8-3-1)11-12-23-19-21-9-4-5-10-22(21)26-16-6-13-24-14-17-25-18-15-24/h1-5,7-10,23H,6,11-19H2. The third-order valence-corrected chi connectivity index (χ3v) is 4.70. The number of benzene rings is 2. The highest BCUT2D eigenvalue weighted by Gasteiger charge is 2.09. The number of nitrogens with zero attached hydrogens (tertiary/aromatic N) is 1. The molecule has 0 amide bonds. The number of ether oxygens (including phenoxy) is 2. The van der Waals surface area contributed by atoms with Crippen LogP contribution in [0, 0.1) is 0 Å². The molecular weight excluding hydrogens is 324 g/mol. The topological polar surface area (TPSA) is 33.7 Å². The second-order valence-electron chi connectivity index (χ2n) is 6.68. The van der Waals surface area contributed by atoms with Crippen LogP contribution in [0.5, 0.6) is 5.75 Å². The SMILES string of the molecule is c1ccc(CCNCc2ccccc2OCCCN2CCOCC2)cc1. The fraction of sp³-hybridized carbons (Fsp3) is 0.455. The van der Waals surface area contributed by atoms with Crippen LogP contribution in [0.2, 0.25) is 0 Å². The zero-order valence-corrected chi connectivity index (χ0v) is 15.5. The summed E-state index contributed by atoms with van der Waals surface area (Å²) in [4.78, 5) is 2.45. The molecule has 0 aliphatic carbocycles. The largest absolute Gasteiger partial charge is 0.493 e. The summed E-state index contributed by atoms with van der Waals surface area (Å²) in [6, 6.07) is 18.9. The van der Waals surface area contributed by atoms with E-state index in [1.165, 1.54) is 11.1 Å². The van der Waals surface area contributed by atoms with Gasteiger partial charge in [-0.05, 0) is 31.0 Å². The van der Waals surface area contributed by atoms with E-state index in [-0.39, 0.29) is 0 Å². The van der Waals surface area contributed by atoms with Crippen LogP contribution in [0.3, 0.4) is 0 Å². The summed E-state index contributed by atoms with van der Waals surface area (Å²) in [6.45, 7) is 7.46. The maximum absolute atomic E-state index is 6.05. The van der Waals surface area contributed by atoms with E-state index < -0.39 is 0 Å². The Morgan fingerprint density at radius 2 is 1.73 bits per heavy atom. The smallest absolute Gasteiger partial charge is 0.123 e. The van der Waals surface area contributed by atoms with Crippen molar-refractivity contribution in [1.29, 1.82) is 0 Å². The average Bonchev–Trinajstić information content (AvgIpc) is 2.71. The van der Waals surface area contributed by atoms with Gasteiger partial charge in [0.15, 0.2) is 0 Å². The summed E-state index contributed by atoms with van der Waals surface area (Å²) in [5, 5.41) is 3.53. The van der Waals surface area contributed by atoms with Crippen molar-refractivity contribution in [2.45, 2.75) is 19.4 Å². The molecule has 2 aromatic rings. The third kappa shape index (κ3) is 6.45. The molecule has 0 spiro atoms. The normalized spacial score (nSPS) is 15.1. The minimum absolute atomic E-state index is 0.762. The molecule has 26 heavy (non-hydrogen) atoms. The number of hydrogen-bond acceptors (Lipinski definition) is 4. The van der Waals surface area contributed by atoms with Crippen LogP contribution in [0.25, 0.3) is 0 Å². The van der Waals surface area contributed by atoms with Gasteiger partial charge in [-0.25, -0.2) is 0 Å². The Bertz CT molecular complexity index is 627. The van der Waals surface area contributed by atoms with E-state index in [1.54, 1.807) is 0 Å². The van der Waals surface area contributed by atoms with Crippen molar-refractivity contribution in [2.75, 3.05) is 46.0 Å². The van der Waals surface area contributed by atoms with Gasteiger partial charge in [-0.15, -0.1) is 0 Å². The molecule has 0 aromatic heterocycles. The first-order chi connectivity index (χ1) is 12.9. The van der Waals surface area contributed by atoms with Crippen LogP contribution in [-0.2, 0) is 17.7 Å². The predicted octanol–water partition coefficient (Wildman–Crippen LogP) is 3.12. The minimum atomic E-state index is 0.762. The first-order valence-electron chi connectivity index (χ1n) is 9.67. The first-order valence-corrected chi connectivity index (χ1v) is 9.67. The summed E-state index contributed by atoms with van der Waals surface area (Å²) in [7, 11) is 0. The zero-order chi connectivity index (χ0) is 17.9. The molecule has 0 unspecified atom stereocenters. The first kappa shape index (κ1) is 18.9. The Balaban J connectivity index is 1.36. The second-order valence-corrected chi connectivity index (χ2v) is 6.68. The Morgan fingerprint density at radius 1 is 0.962 bits per heavy atom. The van der Waals surface area contributed by atoms with Crippen LogP contribution in [0.4, 0.5) is 0 Å². The molecule has 0 radical (unpaired) electrons.